The van der Waals surface area contributed by atoms with Crippen LogP contribution >= 0.6 is 0 Å². The van der Waals surface area contributed by atoms with Crippen LogP contribution in [0.1, 0.15) is 33.1 Å². The van der Waals surface area contributed by atoms with E-state index in [1.165, 1.54) is 0 Å². The van der Waals surface area contributed by atoms with E-state index in [4.69, 9.17) is 0 Å². The molecule has 2 aromatic rings. The summed E-state index contributed by atoms with van der Waals surface area (Å²) in [6, 6.07) is 17.2. The van der Waals surface area contributed by atoms with Gasteiger partial charge in [-0.2, -0.15) is 0 Å². The van der Waals surface area contributed by atoms with Gasteiger partial charge >= 0.3 is 0 Å². The molecular formula is C24H29N3O2. The lowest BCUT2D eigenvalue weighted by atomic mass is 10.0. The average Bonchev–Trinajstić information content (AvgIpc) is 3.21. The lowest BCUT2D eigenvalue weighted by molar-refractivity contribution is -0.117. The molecule has 0 saturated carbocycles. The number of rotatable bonds is 8. The van der Waals surface area contributed by atoms with Crippen molar-refractivity contribution in [1.29, 1.82) is 0 Å². The molecule has 152 valence electrons. The summed E-state index contributed by atoms with van der Waals surface area (Å²) in [5.41, 5.74) is 2.32. The van der Waals surface area contributed by atoms with Gasteiger partial charge in [0.2, 0.25) is 11.8 Å². The van der Waals surface area contributed by atoms with Gasteiger partial charge in [-0.1, -0.05) is 42.5 Å². The highest BCUT2D eigenvalue weighted by Gasteiger charge is 2.19. The summed E-state index contributed by atoms with van der Waals surface area (Å²) in [5, 5.41) is 6.18. The molecule has 0 bridgehead atoms. The molecule has 5 heteroatoms. The van der Waals surface area contributed by atoms with Crippen LogP contribution in [0.15, 0.2) is 66.7 Å². The van der Waals surface area contributed by atoms with E-state index in [-0.39, 0.29) is 24.4 Å². The molecule has 0 fully saturated rings. The molecule has 1 aliphatic carbocycles. The second-order valence-electron chi connectivity index (χ2n) is 7.61. The van der Waals surface area contributed by atoms with Gasteiger partial charge in [-0.05, 0) is 56.9 Å². The minimum Gasteiger partial charge on any atom is -0.374 e. The summed E-state index contributed by atoms with van der Waals surface area (Å²) in [4.78, 5) is 27.1. The number of para-hydroxylation sites is 3. The first-order valence-corrected chi connectivity index (χ1v) is 10.2. The number of anilines is 3. The van der Waals surface area contributed by atoms with Crippen molar-refractivity contribution in [2.75, 3.05) is 22.1 Å². The van der Waals surface area contributed by atoms with Gasteiger partial charge in [0.25, 0.3) is 0 Å². The Morgan fingerprint density at radius 1 is 1.03 bits per heavy atom. The standard InChI is InChI=1S/C24H29N3O2/c1-18(2)27(20-12-4-3-5-13-20)24(29)17-25-21-14-8-9-15-22(21)26-23(28)16-19-10-6-7-11-19/h3-6,8-10,12-15,18-19,25H,7,11,16-17H2,1-2H3,(H,26,28). The van der Waals surface area contributed by atoms with Crippen molar-refractivity contribution < 1.29 is 9.59 Å². The molecule has 0 saturated heterocycles. The van der Waals surface area contributed by atoms with Crippen molar-refractivity contribution in [3.63, 3.8) is 0 Å². The summed E-state index contributed by atoms with van der Waals surface area (Å²) in [5.74, 6) is 0.292. The second kappa shape index (κ2) is 9.92. The minimum absolute atomic E-state index is 0.00443. The first-order chi connectivity index (χ1) is 14.0. The number of hydrogen-bond acceptors (Lipinski definition) is 3. The monoisotopic (exact) mass is 391 g/mol. The molecule has 0 spiro atoms. The first-order valence-electron chi connectivity index (χ1n) is 10.2. The van der Waals surface area contributed by atoms with E-state index >= 15 is 0 Å². The highest BCUT2D eigenvalue weighted by Crippen LogP contribution is 2.24. The first kappa shape index (κ1) is 20.6. The molecule has 3 rings (SSSR count). The van der Waals surface area contributed by atoms with Crippen molar-refractivity contribution in [2.45, 2.75) is 39.2 Å². The number of carbonyl (C=O) groups excluding carboxylic acids is 2. The normalized spacial score (nSPS) is 15.3. The van der Waals surface area contributed by atoms with E-state index in [0.717, 1.165) is 24.2 Å². The molecular weight excluding hydrogens is 362 g/mol. The Balaban J connectivity index is 1.63. The molecule has 2 aromatic carbocycles. The highest BCUT2D eigenvalue weighted by molar-refractivity contribution is 5.98. The number of amides is 2. The van der Waals surface area contributed by atoms with Crippen LogP contribution in [0.2, 0.25) is 0 Å². The van der Waals surface area contributed by atoms with E-state index < -0.39 is 0 Å². The van der Waals surface area contributed by atoms with E-state index in [1.807, 2.05) is 68.4 Å². The van der Waals surface area contributed by atoms with Gasteiger partial charge in [0.1, 0.15) is 0 Å². The van der Waals surface area contributed by atoms with E-state index in [9.17, 15) is 9.59 Å². The van der Waals surface area contributed by atoms with E-state index in [2.05, 4.69) is 22.8 Å². The number of nitrogens with zero attached hydrogens (tertiary/aromatic N) is 1. The molecule has 0 heterocycles. The predicted molar refractivity (Wildman–Crippen MR) is 119 cm³/mol. The van der Waals surface area contributed by atoms with Crippen LogP contribution < -0.4 is 15.5 Å². The third kappa shape index (κ3) is 5.70. The molecule has 2 N–H and O–H groups in total. The molecule has 0 aliphatic heterocycles. The molecule has 1 unspecified atom stereocenters. The van der Waals surface area contributed by atoms with Gasteiger partial charge in [0, 0.05) is 18.2 Å². The van der Waals surface area contributed by atoms with Crippen LogP contribution in [0.4, 0.5) is 17.1 Å². The van der Waals surface area contributed by atoms with E-state index in [0.29, 0.717) is 18.0 Å². The van der Waals surface area contributed by atoms with Crippen LogP contribution in [-0.2, 0) is 9.59 Å². The Morgan fingerprint density at radius 3 is 2.38 bits per heavy atom. The van der Waals surface area contributed by atoms with Crippen LogP contribution in [0, 0.1) is 5.92 Å². The Bertz CT molecular complexity index is 861. The molecule has 0 aromatic heterocycles. The molecule has 2 amide bonds. The largest absolute Gasteiger partial charge is 0.374 e. The maximum Gasteiger partial charge on any atom is 0.246 e. The number of benzene rings is 2. The fourth-order valence-electron chi connectivity index (χ4n) is 3.63. The summed E-state index contributed by atoms with van der Waals surface area (Å²) in [6.45, 7) is 4.14. The summed E-state index contributed by atoms with van der Waals surface area (Å²) in [7, 11) is 0. The summed E-state index contributed by atoms with van der Waals surface area (Å²) in [6.07, 6.45) is 6.82. The van der Waals surface area contributed by atoms with Gasteiger partial charge in [-0.15, -0.1) is 0 Å². The van der Waals surface area contributed by atoms with Crippen molar-refractivity contribution in [3.8, 4) is 0 Å². The Labute approximate surface area is 172 Å². The zero-order valence-corrected chi connectivity index (χ0v) is 17.1. The minimum atomic E-state index is -0.0246. The van der Waals surface area contributed by atoms with Crippen LogP contribution in [0.5, 0.6) is 0 Å². The third-order valence-electron chi connectivity index (χ3n) is 5.01. The molecule has 0 radical (unpaired) electrons. The van der Waals surface area contributed by atoms with Gasteiger partial charge in [0.15, 0.2) is 0 Å². The Morgan fingerprint density at radius 2 is 1.72 bits per heavy atom. The number of nitrogens with one attached hydrogen (secondary N) is 2. The number of hydrogen-bond donors (Lipinski definition) is 2. The van der Waals surface area contributed by atoms with Gasteiger partial charge in [-0.25, -0.2) is 0 Å². The van der Waals surface area contributed by atoms with Crippen molar-refractivity contribution >= 4 is 28.9 Å². The van der Waals surface area contributed by atoms with E-state index in [1.54, 1.807) is 4.90 Å². The lowest BCUT2D eigenvalue weighted by Crippen LogP contribution is -2.40. The zero-order chi connectivity index (χ0) is 20.6. The van der Waals surface area contributed by atoms with Crippen molar-refractivity contribution in [2.24, 2.45) is 5.92 Å². The quantitative estimate of drug-likeness (QED) is 0.633. The Hall–Kier alpha value is -3.08. The average molecular weight is 392 g/mol. The van der Waals surface area contributed by atoms with Gasteiger partial charge in [0.05, 0.1) is 17.9 Å². The Kier molecular flexibility index (Phi) is 7.06. The third-order valence-corrected chi connectivity index (χ3v) is 5.01. The number of carbonyl (C=O) groups is 2. The predicted octanol–water partition coefficient (Wildman–Crippen LogP) is 4.83. The molecule has 5 nitrogen and oxygen atoms in total. The summed E-state index contributed by atoms with van der Waals surface area (Å²) < 4.78 is 0. The molecule has 1 aliphatic rings. The van der Waals surface area contributed by atoms with Crippen LogP contribution in [-0.4, -0.2) is 24.4 Å². The fourth-order valence-corrected chi connectivity index (χ4v) is 3.63. The topological polar surface area (TPSA) is 61.4 Å². The SMILES string of the molecule is CC(C)N(C(=O)CNc1ccccc1NC(=O)CC1C=CCC1)c1ccccc1. The highest BCUT2D eigenvalue weighted by atomic mass is 16.2. The fraction of sp³-hybridized carbons (Fsp3) is 0.333. The second-order valence-corrected chi connectivity index (χ2v) is 7.61. The maximum absolute atomic E-state index is 12.9. The summed E-state index contributed by atoms with van der Waals surface area (Å²) >= 11 is 0. The van der Waals surface area contributed by atoms with Gasteiger partial charge < -0.3 is 15.5 Å². The maximum atomic E-state index is 12.9. The lowest BCUT2D eigenvalue weighted by Gasteiger charge is -2.27. The number of allylic oxidation sites excluding steroid dienone is 2. The molecule has 1 atom stereocenters. The smallest absolute Gasteiger partial charge is 0.246 e. The van der Waals surface area contributed by atoms with Crippen LogP contribution in [0.25, 0.3) is 0 Å². The zero-order valence-electron chi connectivity index (χ0n) is 17.1. The van der Waals surface area contributed by atoms with Crippen molar-refractivity contribution in [3.05, 3.63) is 66.7 Å². The van der Waals surface area contributed by atoms with Gasteiger partial charge in [-0.3, -0.25) is 9.59 Å². The molecule has 29 heavy (non-hydrogen) atoms. The van der Waals surface area contributed by atoms with Crippen LogP contribution in [0.3, 0.4) is 0 Å². The van der Waals surface area contributed by atoms with Crippen molar-refractivity contribution in [1.82, 2.24) is 0 Å².